The summed E-state index contributed by atoms with van der Waals surface area (Å²) in [6.07, 6.45) is 0.887. The lowest BCUT2D eigenvalue weighted by atomic mass is 10.1. The Bertz CT molecular complexity index is 601. The Morgan fingerprint density at radius 1 is 1.29 bits per heavy atom. The van der Waals surface area contributed by atoms with E-state index >= 15 is 0 Å². The number of ether oxygens (including phenoxy) is 2. The molecule has 1 aliphatic rings. The first-order valence-corrected chi connectivity index (χ1v) is 7.41. The van der Waals surface area contributed by atoms with E-state index in [1.54, 1.807) is 7.11 Å². The van der Waals surface area contributed by atoms with Crippen LogP contribution < -0.4 is 14.8 Å². The van der Waals surface area contributed by atoms with Gasteiger partial charge >= 0.3 is 11.9 Å². The van der Waals surface area contributed by atoms with Gasteiger partial charge in [0.05, 0.1) is 19.8 Å². The largest absolute Gasteiger partial charge is 0.493 e. The molecule has 0 saturated heterocycles. The third-order valence-corrected chi connectivity index (χ3v) is 2.92. The number of aliphatic imine (C=N–C) groups is 1. The zero-order valence-electron chi connectivity index (χ0n) is 13.9. The van der Waals surface area contributed by atoms with Crippen molar-refractivity contribution < 1.29 is 29.3 Å². The van der Waals surface area contributed by atoms with Crippen LogP contribution in [0.1, 0.15) is 19.4 Å². The highest BCUT2D eigenvalue weighted by Gasteiger charge is 2.15. The SMILES string of the molecule is COc1cccc(CC2=NCCN2)c1OC(C)C.O=C(O)C(=O)O. The topological polar surface area (TPSA) is 117 Å². The van der Waals surface area contributed by atoms with Crippen molar-refractivity contribution in [3.05, 3.63) is 23.8 Å². The van der Waals surface area contributed by atoms with Gasteiger partial charge in [0, 0.05) is 18.5 Å². The van der Waals surface area contributed by atoms with Crippen molar-refractivity contribution in [2.75, 3.05) is 20.2 Å². The molecule has 3 N–H and O–H groups in total. The minimum absolute atomic E-state index is 0.124. The second-order valence-electron chi connectivity index (χ2n) is 5.16. The Labute approximate surface area is 140 Å². The highest BCUT2D eigenvalue weighted by Crippen LogP contribution is 2.32. The molecule has 24 heavy (non-hydrogen) atoms. The number of hydrogen-bond acceptors (Lipinski definition) is 6. The van der Waals surface area contributed by atoms with Gasteiger partial charge in [0.2, 0.25) is 0 Å². The first kappa shape index (κ1) is 19.3. The van der Waals surface area contributed by atoms with Gasteiger partial charge in [0.25, 0.3) is 0 Å². The number of hydrogen-bond donors (Lipinski definition) is 3. The van der Waals surface area contributed by atoms with E-state index in [9.17, 15) is 0 Å². The van der Waals surface area contributed by atoms with Crippen LogP contribution in [-0.4, -0.2) is 54.3 Å². The lowest BCUT2D eigenvalue weighted by Gasteiger charge is -2.17. The van der Waals surface area contributed by atoms with Gasteiger partial charge in [-0.15, -0.1) is 0 Å². The summed E-state index contributed by atoms with van der Waals surface area (Å²) in [5, 5.41) is 18.1. The fraction of sp³-hybridized carbons (Fsp3) is 0.438. The third-order valence-electron chi connectivity index (χ3n) is 2.92. The molecule has 0 saturated carbocycles. The molecule has 1 aromatic rings. The molecule has 0 spiro atoms. The van der Waals surface area contributed by atoms with Gasteiger partial charge in [-0.25, -0.2) is 9.59 Å². The van der Waals surface area contributed by atoms with Gasteiger partial charge in [0.15, 0.2) is 11.5 Å². The Balaban J connectivity index is 0.000000413. The van der Waals surface area contributed by atoms with Crippen LogP contribution in [0, 0.1) is 0 Å². The summed E-state index contributed by atoms with van der Waals surface area (Å²) < 4.78 is 11.2. The van der Waals surface area contributed by atoms with Crippen LogP contribution in [-0.2, 0) is 16.0 Å². The quantitative estimate of drug-likeness (QED) is 0.690. The molecular weight excluding hydrogens is 316 g/mol. The Hall–Kier alpha value is -2.77. The zero-order chi connectivity index (χ0) is 18.1. The summed E-state index contributed by atoms with van der Waals surface area (Å²) in [5.74, 6) is -1.02. The molecule has 132 valence electrons. The fourth-order valence-electron chi connectivity index (χ4n) is 1.98. The Kier molecular flexibility index (Phi) is 7.54. The van der Waals surface area contributed by atoms with Gasteiger partial charge in [-0.3, -0.25) is 4.99 Å². The van der Waals surface area contributed by atoms with Crippen LogP contribution in [0.15, 0.2) is 23.2 Å². The minimum atomic E-state index is -1.82. The van der Waals surface area contributed by atoms with Gasteiger partial charge in [0.1, 0.15) is 5.84 Å². The summed E-state index contributed by atoms with van der Waals surface area (Å²) in [4.78, 5) is 22.6. The van der Waals surface area contributed by atoms with Crippen LogP contribution in [0.3, 0.4) is 0 Å². The average molecular weight is 338 g/mol. The van der Waals surface area contributed by atoms with Gasteiger partial charge in [-0.2, -0.15) is 0 Å². The van der Waals surface area contributed by atoms with E-state index in [4.69, 9.17) is 29.3 Å². The van der Waals surface area contributed by atoms with Crippen LogP contribution >= 0.6 is 0 Å². The Morgan fingerprint density at radius 3 is 2.42 bits per heavy atom. The molecule has 2 rings (SSSR count). The molecule has 0 unspecified atom stereocenters. The molecule has 8 heteroatoms. The van der Waals surface area contributed by atoms with Crippen molar-refractivity contribution in [1.29, 1.82) is 0 Å². The maximum absolute atomic E-state index is 9.10. The van der Waals surface area contributed by atoms with E-state index in [0.717, 1.165) is 42.4 Å². The maximum atomic E-state index is 9.10. The van der Waals surface area contributed by atoms with E-state index < -0.39 is 11.9 Å². The molecule has 1 aliphatic heterocycles. The molecule has 0 radical (unpaired) electrons. The van der Waals surface area contributed by atoms with E-state index in [1.807, 2.05) is 26.0 Å². The fourth-order valence-corrected chi connectivity index (χ4v) is 1.98. The lowest BCUT2D eigenvalue weighted by molar-refractivity contribution is -0.159. The summed E-state index contributed by atoms with van der Waals surface area (Å²) >= 11 is 0. The number of nitrogens with one attached hydrogen (secondary N) is 1. The monoisotopic (exact) mass is 338 g/mol. The first-order chi connectivity index (χ1) is 11.3. The second kappa shape index (κ2) is 9.39. The number of carboxylic acids is 2. The van der Waals surface area contributed by atoms with E-state index in [2.05, 4.69) is 16.4 Å². The summed E-state index contributed by atoms with van der Waals surface area (Å²) in [6.45, 7) is 5.82. The van der Waals surface area contributed by atoms with E-state index in [-0.39, 0.29) is 6.10 Å². The predicted molar refractivity (Wildman–Crippen MR) is 88.0 cm³/mol. The molecular formula is C16H22N2O6. The zero-order valence-corrected chi connectivity index (χ0v) is 13.9. The molecule has 8 nitrogen and oxygen atoms in total. The normalized spacial score (nSPS) is 12.6. The maximum Gasteiger partial charge on any atom is 0.414 e. The standard InChI is InChI=1S/C14H20N2O2.C2H2O4/c1-10(2)18-14-11(5-4-6-12(14)17-3)9-13-15-7-8-16-13;3-1(4)2(5)6/h4-6,10H,7-9H2,1-3H3,(H,15,16);(H,3,4)(H,5,6). The minimum Gasteiger partial charge on any atom is -0.493 e. The van der Waals surface area contributed by atoms with Crippen LogP contribution in [0.4, 0.5) is 0 Å². The number of carbonyl (C=O) groups is 2. The molecule has 0 amide bonds. The van der Waals surface area contributed by atoms with Crippen molar-refractivity contribution in [2.24, 2.45) is 4.99 Å². The van der Waals surface area contributed by atoms with Crippen molar-refractivity contribution in [2.45, 2.75) is 26.4 Å². The third kappa shape index (κ3) is 6.15. The Morgan fingerprint density at radius 2 is 1.96 bits per heavy atom. The molecule has 0 aliphatic carbocycles. The van der Waals surface area contributed by atoms with E-state index in [1.165, 1.54) is 0 Å². The number of para-hydroxylation sites is 1. The number of methoxy groups -OCH3 is 1. The molecule has 1 heterocycles. The number of amidine groups is 1. The van der Waals surface area contributed by atoms with Crippen LogP contribution in [0.5, 0.6) is 11.5 Å². The average Bonchev–Trinajstić information content (AvgIpc) is 3.02. The van der Waals surface area contributed by atoms with Gasteiger partial charge < -0.3 is 25.0 Å². The van der Waals surface area contributed by atoms with Crippen LogP contribution in [0.2, 0.25) is 0 Å². The van der Waals surface area contributed by atoms with Crippen LogP contribution in [0.25, 0.3) is 0 Å². The number of carboxylic acid groups (broad SMARTS) is 2. The highest BCUT2D eigenvalue weighted by atomic mass is 16.5. The van der Waals surface area contributed by atoms with Crippen molar-refractivity contribution >= 4 is 17.8 Å². The van der Waals surface area contributed by atoms with Gasteiger partial charge in [-0.1, -0.05) is 12.1 Å². The number of benzene rings is 1. The lowest BCUT2D eigenvalue weighted by Crippen LogP contribution is -2.21. The summed E-state index contributed by atoms with van der Waals surface area (Å²) in [6, 6.07) is 5.96. The van der Waals surface area contributed by atoms with Crippen molar-refractivity contribution in [3.63, 3.8) is 0 Å². The number of nitrogens with zero attached hydrogens (tertiary/aromatic N) is 1. The molecule has 1 aromatic carbocycles. The second-order valence-corrected chi connectivity index (χ2v) is 5.16. The molecule has 0 aromatic heterocycles. The number of rotatable bonds is 5. The molecule has 0 bridgehead atoms. The van der Waals surface area contributed by atoms with Crippen molar-refractivity contribution in [3.8, 4) is 11.5 Å². The molecule has 0 atom stereocenters. The smallest absolute Gasteiger partial charge is 0.414 e. The van der Waals surface area contributed by atoms with Gasteiger partial charge in [-0.05, 0) is 19.9 Å². The van der Waals surface area contributed by atoms with Crippen molar-refractivity contribution in [1.82, 2.24) is 5.32 Å². The predicted octanol–water partition coefficient (Wildman–Crippen LogP) is 1.18. The van der Waals surface area contributed by atoms with E-state index in [0.29, 0.717) is 0 Å². The highest BCUT2D eigenvalue weighted by molar-refractivity contribution is 6.27. The first-order valence-electron chi connectivity index (χ1n) is 7.41. The number of aliphatic carboxylic acids is 2. The molecule has 0 fully saturated rings. The summed E-state index contributed by atoms with van der Waals surface area (Å²) in [7, 11) is 1.66. The summed E-state index contributed by atoms with van der Waals surface area (Å²) in [5.41, 5.74) is 1.11.